The summed E-state index contributed by atoms with van der Waals surface area (Å²) in [5.41, 5.74) is 0. The summed E-state index contributed by atoms with van der Waals surface area (Å²) < 4.78 is 26.2. The highest BCUT2D eigenvalue weighted by atomic mass is 31.2. The van der Waals surface area contributed by atoms with Gasteiger partial charge in [0.25, 0.3) is 0 Å². The second-order valence-electron chi connectivity index (χ2n) is 13.8. The molecule has 0 aliphatic carbocycles. The van der Waals surface area contributed by atoms with E-state index in [1.54, 1.807) is 12.2 Å². The third-order valence-electron chi connectivity index (χ3n) is 8.77. The van der Waals surface area contributed by atoms with Crippen LogP contribution in [0, 0.1) is 0 Å². The van der Waals surface area contributed by atoms with Crippen molar-refractivity contribution in [1.29, 1.82) is 0 Å². The Balaban J connectivity index is 4.11. The van der Waals surface area contributed by atoms with Crippen LogP contribution < -0.4 is 0 Å². The minimum atomic E-state index is -4.80. The van der Waals surface area contributed by atoms with Crippen LogP contribution in [0.2, 0.25) is 0 Å². The monoisotopic (exact) mass is 743 g/mol. The van der Waals surface area contributed by atoms with Crippen LogP contribution in [0.1, 0.15) is 187 Å². The molecule has 0 spiro atoms. The van der Waals surface area contributed by atoms with Crippen molar-refractivity contribution >= 4 is 19.8 Å². The van der Waals surface area contributed by atoms with Crippen LogP contribution in [0.15, 0.2) is 36.5 Å². The van der Waals surface area contributed by atoms with E-state index in [2.05, 4.69) is 30.5 Å². The first-order valence-electron chi connectivity index (χ1n) is 20.4. The zero-order valence-corrected chi connectivity index (χ0v) is 33.3. The van der Waals surface area contributed by atoms with Crippen LogP contribution in [-0.2, 0) is 28.2 Å². The van der Waals surface area contributed by atoms with E-state index in [0.29, 0.717) is 19.3 Å². The molecule has 0 aromatic rings. The molecule has 0 aliphatic heterocycles. The summed E-state index contributed by atoms with van der Waals surface area (Å²) in [5.74, 6) is -1.08. The molecule has 9 nitrogen and oxygen atoms in total. The van der Waals surface area contributed by atoms with E-state index < -0.39 is 38.6 Å². The van der Waals surface area contributed by atoms with Crippen LogP contribution in [0.3, 0.4) is 0 Å². The van der Waals surface area contributed by atoms with Gasteiger partial charge in [-0.3, -0.25) is 14.1 Å². The molecule has 0 saturated heterocycles. The molecule has 0 amide bonds. The number of phosphoric acid groups is 1. The number of carbonyl (C=O) groups is 2. The number of carbonyl (C=O) groups excluding carboxylic acids is 2. The lowest BCUT2D eigenvalue weighted by Gasteiger charge is -2.18. The van der Waals surface area contributed by atoms with Gasteiger partial charge in [-0.1, -0.05) is 172 Å². The fourth-order valence-electron chi connectivity index (χ4n) is 5.68. The third kappa shape index (κ3) is 39.3. The SMILES string of the molecule is CCCCCCCC/C=C/C/C=C/C=C/C(O)CCCC(=O)O[C@H](COC(=O)CCCCCCCCCCCCCCCCC)COP(=O)(O)O. The molecule has 0 saturated carbocycles. The van der Waals surface area contributed by atoms with E-state index >= 15 is 0 Å². The summed E-state index contributed by atoms with van der Waals surface area (Å²) in [5, 5.41) is 10.2. The van der Waals surface area contributed by atoms with E-state index in [9.17, 15) is 19.3 Å². The van der Waals surface area contributed by atoms with Crippen LogP contribution in [-0.4, -0.2) is 52.3 Å². The lowest BCUT2D eigenvalue weighted by atomic mass is 10.0. The number of esters is 2. The number of phosphoric ester groups is 1. The van der Waals surface area contributed by atoms with Crippen molar-refractivity contribution in [2.45, 2.75) is 199 Å². The molecule has 0 aliphatic rings. The number of ether oxygens (including phenoxy) is 2. The highest BCUT2D eigenvalue weighted by Gasteiger charge is 2.23. The second-order valence-corrected chi connectivity index (χ2v) is 15.1. The molecular weight excluding hydrogens is 667 g/mol. The van der Waals surface area contributed by atoms with Crippen molar-refractivity contribution in [3.8, 4) is 0 Å². The molecule has 3 N–H and O–H groups in total. The predicted octanol–water partition coefficient (Wildman–Crippen LogP) is 11.2. The number of aliphatic hydroxyl groups is 1. The maximum absolute atomic E-state index is 12.4. The van der Waals surface area contributed by atoms with Crippen molar-refractivity contribution in [3.63, 3.8) is 0 Å². The molecule has 10 heteroatoms. The predicted molar refractivity (Wildman–Crippen MR) is 208 cm³/mol. The Hall–Kier alpha value is -1.77. The smallest absolute Gasteiger partial charge is 0.462 e. The first-order chi connectivity index (χ1) is 24.7. The fourth-order valence-corrected chi connectivity index (χ4v) is 6.04. The fraction of sp³-hybridized carbons (Fsp3) is 0.805. The van der Waals surface area contributed by atoms with Crippen LogP contribution in [0.4, 0.5) is 0 Å². The molecule has 0 rings (SSSR count). The van der Waals surface area contributed by atoms with Gasteiger partial charge in [0.05, 0.1) is 12.7 Å². The van der Waals surface area contributed by atoms with Crippen LogP contribution in [0.5, 0.6) is 0 Å². The summed E-state index contributed by atoms with van der Waals surface area (Å²) in [6, 6.07) is 0. The lowest BCUT2D eigenvalue weighted by molar-refractivity contribution is -0.161. The minimum absolute atomic E-state index is 0.0103. The largest absolute Gasteiger partial charge is 0.469 e. The average Bonchev–Trinajstić information content (AvgIpc) is 3.09. The zero-order chi connectivity index (χ0) is 37.7. The van der Waals surface area contributed by atoms with Crippen molar-refractivity contribution in [1.82, 2.24) is 0 Å². The number of aliphatic hydroxyl groups excluding tert-OH is 1. The summed E-state index contributed by atoms with van der Waals surface area (Å²) in [6.45, 7) is 3.52. The van der Waals surface area contributed by atoms with Gasteiger partial charge >= 0.3 is 19.8 Å². The van der Waals surface area contributed by atoms with E-state index in [1.807, 2.05) is 12.2 Å². The van der Waals surface area contributed by atoms with Gasteiger partial charge in [0.2, 0.25) is 0 Å². The molecule has 298 valence electrons. The van der Waals surface area contributed by atoms with Gasteiger partial charge in [0.1, 0.15) is 6.61 Å². The Kier molecular flexibility index (Phi) is 35.3. The third-order valence-corrected chi connectivity index (χ3v) is 9.25. The minimum Gasteiger partial charge on any atom is -0.462 e. The van der Waals surface area contributed by atoms with Gasteiger partial charge in [-0.25, -0.2) is 4.57 Å². The molecule has 0 radical (unpaired) electrons. The Labute approximate surface area is 311 Å². The maximum Gasteiger partial charge on any atom is 0.469 e. The first kappa shape index (κ1) is 49.2. The van der Waals surface area contributed by atoms with Crippen molar-refractivity contribution in [2.24, 2.45) is 0 Å². The molecule has 51 heavy (non-hydrogen) atoms. The van der Waals surface area contributed by atoms with Gasteiger partial charge in [-0.05, 0) is 38.5 Å². The number of unbranched alkanes of at least 4 members (excludes halogenated alkanes) is 20. The summed E-state index contributed by atoms with van der Waals surface area (Å²) in [4.78, 5) is 42.8. The van der Waals surface area contributed by atoms with E-state index in [-0.39, 0.29) is 19.4 Å². The quantitative estimate of drug-likeness (QED) is 0.0186. The molecule has 0 bridgehead atoms. The normalized spacial score (nSPS) is 13.4. The molecule has 0 aromatic heterocycles. The van der Waals surface area contributed by atoms with Gasteiger partial charge in [0.15, 0.2) is 6.10 Å². The van der Waals surface area contributed by atoms with Gasteiger partial charge < -0.3 is 24.4 Å². The standard InChI is InChI=1S/C41H75O9P/c1-3-5-7-9-11-13-15-17-18-20-22-24-26-28-30-34-40(43)48-36-39(37-49-51(45,46)47)50-41(44)35-31-33-38(42)32-29-27-25-23-21-19-16-14-12-10-8-6-4-2/h19,21,25,27,29,32,38-39,42H,3-18,20,22-24,26,28,30-31,33-37H2,1-2H3,(H2,45,46,47)/b21-19+,27-25+,32-29+/t38?,39-/m1/s1. The topological polar surface area (TPSA) is 140 Å². The molecule has 2 atom stereocenters. The Bertz CT molecular complexity index is 943. The molecule has 0 fully saturated rings. The number of hydrogen-bond donors (Lipinski definition) is 3. The molecule has 1 unspecified atom stereocenters. The number of hydrogen-bond acceptors (Lipinski definition) is 7. The highest BCUT2D eigenvalue weighted by Crippen LogP contribution is 2.36. The van der Waals surface area contributed by atoms with Gasteiger partial charge in [-0.2, -0.15) is 0 Å². The molecule has 0 heterocycles. The maximum atomic E-state index is 12.4. The average molecular weight is 743 g/mol. The van der Waals surface area contributed by atoms with Crippen LogP contribution >= 0.6 is 7.82 Å². The van der Waals surface area contributed by atoms with E-state index in [4.69, 9.17) is 19.3 Å². The summed E-state index contributed by atoms with van der Waals surface area (Å²) in [6.07, 6.45) is 39.0. The summed E-state index contributed by atoms with van der Waals surface area (Å²) in [7, 11) is -4.80. The Morgan fingerprint density at radius 1 is 0.608 bits per heavy atom. The van der Waals surface area contributed by atoms with Crippen molar-refractivity contribution in [2.75, 3.05) is 13.2 Å². The van der Waals surface area contributed by atoms with Crippen molar-refractivity contribution < 1.29 is 43.0 Å². The van der Waals surface area contributed by atoms with E-state index in [0.717, 1.165) is 32.1 Å². The molecule has 0 aromatic carbocycles. The molecular formula is C41H75O9P. The number of allylic oxidation sites excluding steroid dienone is 5. The zero-order valence-electron chi connectivity index (χ0n) is 32.4. The Morgan fingerprint density at radius 3 is 1.67 bits per heavy atom. The van der Waals surface area contributed by atoms with Gasteiger partial charge in [-0.15, -0.1) is 0 Å². The van der Waals surface area contributed by atoms with Crippen LogP contribution in [0.25, 0.3) is 0 Å². The highest BCUT2D eigenvalue weighted by molar-refractivity contribution is 7.46. The number of rotatable bonds is 37. The second kappa shape index (κ2) is 36.6. The first-order valence-corrected chi connectivity index (χ1v) is 21.9. The van der Waals surface area contributed by atoms with Crippen molar-refractivity contribution in [3.05, 3.63) is 36.5 Å². The lowest BCUT2D eigenvalue weighted by Crippen LogP contribution is -2.29. The van der Waals surface area contributed by atoms with E-state index in [1.165, 1.54) is 109 Å². The Morgan fingerprint density at radius 2 is 1.12 bits per heavy atom. The van der Waals surface area contributed by atoms with Gasteiger partial charge in [0, 0.05) is 12.8 Å². The summed E-state index contributed by atoms with van der Waals surface area (Å²) >= 11 is 0.